The lowest BCUT2D eigenvalue weighted by atomic mass is 9.94. The van der Waals surface area contributed by atoms with Gasteiger partial charge in [-0.2, -0.15) is 0 Å². The van der Waals surface area contributed by atoms with Crippen molar-refractivity contribution in [3.05, 3.63) is 64.3 Å². The number of benzene rings is 1. The van der Waals surface area contributed by atoms with Crippen molar-refractivity contribution >= 4 is 6.08 Å². The van der Waals surface area contributed by atoms with Crippen molar-refractivity contribution in [2.45, 2.75) is 47.5 Å². The lowest BCUT2D eigenvalue weighted by Gasteiger charge is -2.11. The SMILES string of the molecule is C=Cc1c(C)ccc(CC/C(C)=C/C=C(C)C)c1C. The van der Waals surface area contributed by atoms with Crippen LogP contribution in [-0.2, 0) is 6.42 Å². The van der Waals surface area contributed by atoms with Crippen LogP contribution in [0, 0.1) is 13.8 Å². The second-order valence-corrected chi connectivity index (χ2v) is 5.54. The predicted molar refractivity (Wildman–Crippen MR) is 87.5 cm³/mol. The predicted octanol–water partition coefficient (Wildman–Crippen LogP) is 5.79. The molecule has 0 N–H and O–H groups in total. The molecule has 1 aromatic carbocycles. The van der Waals surface area contributed by atoms with E-state index in [1.54, 1.807) is 0 Å². The summed E-state index contributed by atoms with van der Waals surface area (Å²) >= 11 is 0. The molecule has 0 aromatic heterocycles. The maximum atomic E-state index is 3.92. The molecule has 0 saturated carbocycles. The Morgan fingerprint density at radius 1 is 1.11 bits per heavy atom. The van der Waals surface area contributed by atoms with Gasteiger partial charge in [0.25, 0.3) is 0 Å². The summed E-state index contributed by atoms with van der Waals surface area (Å²) in [7, 11) is 0. The first-order chi connectivity index (χ1) is 8.95. The van der Waals surface area contributed by atoms with E-state index in [2.05, 4.69) is 65.5 Å². The lowest BCUT2D eigenvalue weighted by Crippen LogP contribution is -1.95. The zero-order chi connectivity index (χ0) is 14.4. The largest absolute Gasteiger partial charge is 0.0985 e. The Kier molecular flexibility index (Phi) is 5.82. The van der Waals surface area contributed by atoms with Gasteiger partial charge in [-0.15, -0.1) is 0 Å². The summed E-state index contributed by atoms with van der Waals surface area (Å²) in [6, 6.07) is 4.46. The third-order valence-corrected chi connectivity index (χ3v) is 3.54. The van der Waals surface area contributed by atoms with Gasteiger partial charge < -0.3 is 0 Å². The van der Waals surface area contributed by atoms with Crippen molar-refractivity contribution in [3.63, 3.8) is 0 Å². The smallest absolute Gasteiger partial charge is 0.0201 e. The van der Waals surface area contributed by atoms with E-state index >= 15 is 0 Å². The van der Waals surface area contributed by atoms with Crippen LogP contribution in [0.5, 0.6) is 0 Å². The molecule has 0 spiro atoms. The first-order valence-corrected chi connectivity index (χ1v) is 6.98. The van der Waals surface area contributed by atoms with E-state index < -0.39 is 0 Å². The molecule has 19 heavy (non-hydrogen) atoms. The molecule has 0 nitrogen and oxygen atoms in total. The minimum atomic E-state index is 1.10. The highest BCUT2D eigenvalue weighted by molar-refractivity contribution is 5.58. The molecule has 0 amide bonds. The zero-order valence-corrected chi connectivity index (χ0v) is 13.0. The van der Waals surface area contributed by atoms with Crippen LogP contribution in [0.3, 0.4) is 0 Å². The van der Waals surface area contributed by atoms with Gasteiger partial charge in [0.1, 0.15) is 0 Å². The first kappa shape index (κ1) is 15.5. The van der Waals surface area contributed by atoms with Gasteiger partial charge in [-0.25, -0.2) is 0 Å². The fraction of sp³-hybridized carbons (Fsp3) is 0.368. The average molecular weight is 254 g/mol. The third-order valence-electron chi connectivity index (χ3n) is 3.54. The van der Waals surface area contributed by atoms with Gasteiger partial charge >= 0.3 is 0 Å². The Morgan fingerprint density at radius 3 is 2.37 bits per heavy atom. The van der Waals surface area contributed by atoms with Crippen LogP contribution in [0.1, 0.15) is 49.4 Å². The van der Waals surface area contributed by atoms with Crippen LogP contribution in [0.15, 0.2) is 42.0 Å². The monoisotopic (exact) mass is 254 g/mol. The summed E-state index contributed by atoms with van der Waals surface area (Å²) in [6.07, 6.45) is 8.61. The van der Waals surface area contributed by atoms with E-state index in [4.69, 9.17) is 0 Å². The van der Waals surface area contributed by atoms with Gasteiger partial charge in [0, 0.05) is 0 Å². The van der Waals surface area contributed by atoms with Crippen LogP contribution in [0.4, 0.5) is 0 Å². The van der Waals surface area contributed by atoms with E-state index in [9.17, 15) is 0 Å². The van der Waals surface area contributed by atoms with Crippen LogP contribution in [0.2, 0.25) is 0 Å². The summed E-state index contributed by atoms with van der Waals surface area (Å²) in [4.78, 5) is 0. The normalized spacial score (nSPS) is 11.3. The molecule has 0 radical (unpaired) electrons. The molecule has 0 saturated heterocycles. The Morgan fingerprint density at radius 2 is 1.79 bits per heavy atom. The maximum absolute atomic E-state index is 3.92. The van der Waals surface area contributed by atoms with Gasteiger partial charge in [-0.3, -0.25) is 0 Å². The topological polar surface area (TPSA) is 0 Å². The molecule has 0 aliphatic heterocycles. The van der Waals surface area contributed by atoms with Crippen molar-refractivity contribution in [1.82, 2.24) is 0 Å². The Balaban J connectivity index is 2.82. The summed E-state index contributed by atoms with van der Waals surface area (Å²) in [5.41, 5.74) is 8.20. The maximum Gasteiger partial charge on any atom is -0.0201 e. The highest BCUT2D eigenvalue weighted by Gasteiger charge is 2.04. The average Bonchev–Trinajstić information content (AvgIpc) is 2.36. The number of allylic oxidation sites excluding steroid dienone is 4. The highest BCUT2D eigenvalue weighted by Crippen LogP contribution is 2.21. The molecular formula is C19H26. The number of hydrogen-bond donors (Lipinski definition) is 0. The summed E-state index contributed by atoms with van der Waals surface area (Å²) in [5, 5.41) is 0. The fourth-order valence-electron chi connectivity index (χ4n) is 2.22. The standard InChI is InChI=1S/C19H26/c1-7-19-16(5)11-13-18(17(19)6)12-10-15(4)9-8-14(2)3/h7-9,11,13H,1,10,12H2,2-6H3/b15-9+. The Labute approximate surface area is 118 Å². The van der Waals surface area contributed by atoms with Gasteiger partial charge in [0.15, 0.2) is 0 Å². The number of rotatable bonds is 5. The molecule has 102 valence electrons. The molecule has 0 heteroatoms. The minimum absolute atomic E-state index is 1.10. The Hall–Kier alpha value is -1.56. The quantitative estimate of drug-likeness (QED) is 0.583. The van der Waals surface area contributed by atoms with E-state index in [1.165, 1.54) is 33.4 Å². The fourth-order valence-corrected chi connectivity index (χ4v) is 2.22. The molecular weight excluding hydrogens is 228 g/mol. The molecule has 0 aliphatic rings. The second-order valence-electron chi connectivity index (χ2n) is 5.54. The Bertz CT molecular complexity index is 509. The summed E-state index contributed by atoms with van der Waals surface area (Å²) in [6.45, 7) is 14.7. The molecule has 0 aliphatic carbocycles. The lowest BCUT2D eigenvalue weighted by molar-refractivity contribution is 0.929. The van der Waals surface area contributed by atoms with Gasteiger partial charge in [0.05, 0.1) is 0 Å². The van der Waals surface area contributed by atoms with Crippen molar-refractivity contribution < 1.29 is 0 Å². The highest BCUT2D eigenvalue weighted by atomic mass is 14.1. The van der Waals surface area contributed by atoms with Crippen molar-refractivity contribution in [1.29, 1.82) is 0 Å². The molecule has 0 unspecified atom stereocenters. The van der Waals surface area contributed by atoms with E-state index in [0.717, 1.165) is 12.8 Å². The van der Waals surface area contributed by atoms with Crippen molar-refractivity contribution in [2.24, 2.45) is 0 Å². The second kappa shape index (κ2) is 7.13. The van der Waals surface area contributed by atoms with Crippen molar-refractivity contribution in [2.75, 3.05) is 0 Å². The molecule has 1 aromatic rings. The molecule has 0 bridgehead atoms. The third kappa shape index (κ3) is 4.55. The van der Waals surface area contributed by atoms with Crippen LogP contribution < -0.4 is 0 Å². The number of hydrogen-bond acceptors (Lipinski definition) is 0. The number of aryl methyl sites for hydroxylation is 2. The minimum Gasteiger partial charge on any atom is -0.0985 e. The van der Waals surface area contributed by atoms with Crippen LogP contribution in [0.25, 0.3) is 6.08 Å². The van der Waals surface area contributed by atoms with Gasteiger partial charge in [-0.05, 0) is 69.7 Å². The van der Waals surface area contributed by atoms with Gasteiger partial charge in [-0.1, -0.05) is 48.1 Å². The van der Waals surface area contributed by atoms with E-state index in [-0.39, 0.29) is 0 Å². The summed E-state index contributed by atoms with van der Waals surface area (Å²) < 4.78 is 0. The summed E-state index contributed by atoms with van der Waals surface area (Å²) in [5.74, 6) is 0. The zero-order valence-electron chi connectivity index (χ0n) is 13.0. The molecule has 1 rings (SSSR count). The van der Waals surface area contributed by atoms with E-state index in [0.29, 0.717) is 0 Å². The van der Waals surface area contributed by atoms with E-state index in [1.807, 2.05) is 6.08 Å². The molecule has 0 atom stereocenters. The van der Waals surface area contributed by atoms with Crippen molar-refractivity contribution in [3.8, 4) is 0 Å². The van der Waals surface area contributed by atoms with Crippen LogP contribution in [-0.4, -0.2) is 0 Å². The first-order valence-electron chi connectivity index (χ1n) is 6.98. The molecule has 0 fully saturated rings. The molecule has 0 heterocycles. The van der Waals surface area contributed by atoms with Crippen LogP contribution >= 0.6 is 0 Å². The van der Waals surface area contributed by atoms with Gasteiger partial charge in [0.2, 0.25) is 0 Å².